The maximum Gasteiger partial charge on any atom is 0.222 e. The Kier molecular flexibility index (Phi) is 6.80. The number of nitrogens with two attached hydrogens (primary N) is 1. The van der Waals surface area contributed by atoms with Gasteiger partial charge in [-0.1, -0.05) is 13.8 Å². The van der Waals surface area contributed by atoms with Crippen molar-refractivity contribution in [1.82, 2.24) is 4.90 Å². The lowest BCUT2D eigenvalue weighted by atomic mass is 9.84. The lowest BCUT2D eigenvalue weighted by Crippen LogP contribution is -2.36. The van der Waals surface area contributed by atoms with E-state index in [4.69, 9.17) is 10.5 Å². The van der Waals surface area contributed by atoms with Crippen molar-refractivity contribution in [2.75, 3.05) is 32.8 Å². The predicted molar refractivity (Wildman–Crippen MR) is 77.9 cm³/mol. The molecule has 4 nitrogen and oxygen atoms in total. The van der Waals surface area contributed by atoms with Crippen LogP contribution in [0.25, 0.3) is 0 Å². The van der Waals surface area contributed by atoms with Gasteiger partial charge in [0.2, 0.25) is 5.91 Å². The Morgan fingerprint density at radius 3 is 2.68 bits per heavy atom. The van der Waals surface area contributed by atoms with Crippen molar-refractivity contribution in [2.45, 2.75) is 46.5 Å². The first-order valence-electron chi connectivity index (χ1n) is 7.54. The number of nitrogens with zero attached hydrogens (tertiary/aromatic N) is 1. The van der Waals surface area contributed by atoms with E-state index in [9.17, 15) is 4.79 Å². The monoisotopic (exact) mass is 270 g/mol. The highest BCUT2D eigenvalue weighted by Gasteiger charge is 2.23. The number of carbonyl (C=O) groups is 1. The van der Waals surface area contributed by atoms with Gasteiger partial charge < -0.3 is 15.4 Å². The molecule has 0 bridgehead atoms. The Hall–Kier alpha value is -0.610. The summed E-state index contributed by atoms with van der Waals surface area (Å²) in [4.78, 5) is 14.3. The van der Waals surface area contributed by atoms with Crippen molar-refractivity contribution in [3.8, 4) is 0 Å². The normalized spacial score (nSPS) is 19.7. The molecule has 112 valence electrons. The summed E-state index contributed by atoms with van der Waals surface area (Å²) >= 11 is 0. The number of ether oxygens (including phenoxy) is 1. The minimum Gasteiger partial charge on any atom is -0.381 e. The summed E-state index contributed by atoms with van der Waals surface area (Å²) in [6.07, 6.45) is 3.61. The maximum absolute atomic E-state index is 12.3. The maximum atomic E-state index is 12.3. The molecule has 0 aromatic carbocycles. The minimum absolute atomic E-state index is 0.167. The summed E-state index contributed by atoms with van der Waals surface area (Å²) in [5, 5.41) is 0. The molecule has 0 saturated carbocycles. The van der Waals surface area contributed by atoms with E-state index < -0.39 is 0 Å². The fourth-order valence-electron chi connectivity index (χ4n) is 2.57. The molecule has 0 aromatic rings. The summed E-state index contributed by atoms with van der Waals surface area (Å²) in [6.45, 7) is 10.4. The topological polar surface area (TPSA) is 55.6 Å². The second-order valence-electron chi connectivity index (χ2n) is 6.36. The highest BCUT2D eigenvalue weighted by molar-refractivity contribution is 5.76. The Morgan fingerprint density at radius 1 is 1.42 bits per heavy atom. The SMILES string of the molecule is CCN(CC1CCOC1)C(=O)CCC(C)(C)CCN. The van der Waals surface area contributed by atoms with Crippen LogP contribution in [0.1, 0.15) is 46.5 Å². The molecule has 0 aliphatic carbocycles. The van der Waals surface area contributed by atoms with Gasteiger partial charge in [-0.3, -0.25) is 4.79 Å². The van der Waals surface area contributed by atoms with Gasteiger partial charge in [0.1, 0.15) is 0 Å². The summed E-state index contributed by atoms with van der Waals surface area (Å²) in [7, 11) is 0. The van der Waals surface area contributed by atoms with E-state index in [1.165, 1.54) is 0 Å². The molecular formula is C15H30N2O2. The van der Waals surface area contributed by atoms with Crippen LogP contribution in [0.3, 0.4) is 0 Å². The molecule has 1 amide bonds. The fraction of sp³-hybridized carbons (Fsp3) is 0.933. The molecule has 1 aliphatic rings. The first-order chi connectivity index (χ1) is 8.98. The smallest absolute Gasteiger partial charge is 0.222 e. The third-order valence-corrected chi connectivity index (χ3v) is 4.07. The van der Waals surface area contributed by atoms with Gasteiger partial charge in [0.05, 0.1) is 6.61 Å². The fourth-order valence-corrected chi connectivity index (χ4v) is 2.57. The van der Waals surface area contributed by atoms with Crippen molar-refractivity contribution in [1.29, 1.82) is 0 Å². The van der Waals surface area contributed by atoms with Crippen LogP contribution in [0.2, 0.25) is 0 Å². The van der Waals surface area contributed by atoms with Gasteiger partial charge in [-0.05, 0) is 38.1 Å². The molecule has 2 N–H and O–H groups in total. The number of amides is 1. The molecule has 1 saturated heterocycles. The molecule has 0 aromatic heterocycles. The summed E-state index contributed by atoms with van der Waals surface area (Å²) in [6, 6.07) is 0. The Labute approximate surface area is 117 Å². The van der Waals surface area contributed by atoms with Gasteiger partial charge in [-0.2, -0.15) is 0 Å². The number of hydrogen-bond donors (Lipinski definition) is 1. The molecule has 1 rings (SSSR count). The van der Waals surface area contributed by atoms with Crippen LogP contribution >= 0.6 is 0 Å². The van der Waals surface area contributed by atoms with E-state index in [1.807, 2.05) is 4.90 Å². The molecule has 0 radical (unpaired) electrons. The molecule has 1 heterocycles. The zero-order chi connectivity index (χ0) is 14.3. The van der Waals surface area contributed by atoms with Crippen LogP contribution < -0.4 is 5.73 Å². The highest BCUT2D eigenvalue weighted by Crippen LogP contribution is 2.26. The highest BCUT2D eigenvalue weighted by atomic mass is 16.5. The van der Waals surface area contributed by atoms with E-state index in [-0.39, 0.29) is 11.3 Å². The van der Waals surface area contributed by atoms with E-state index in [2.05, 4.69) is 20.8 Å². The Morgan fingerprint density at radius 2 is 2.16 bits per heavy atom. The molecule has 4 heteroatoms. The van der Waals surface area contributed by atoms with E-state index in [0.717, 1.165) is 45.6 Å². The van der Waals surface area contributed by atoms with Crippen molar-refractivity contribution in [3.05, 3.63) is 0 Å². The van der Waals surface area contributed by atoms with Crippen molar-refractivity contribution < 1.29 is 9.53 Å². The quantitative estimate of drug-likeness (QED) is 0.734. The van der Waals surface area contributed by atoms with Crippen LogP contribution in [0, 0.1) is 11.3 Å². The standard InChI is InChI=1S/C15H30N2O2/c1-4-17(11-13-6-10-19-12-13)14(18)5-7-15(2,3)8-9-16/h13H,4-12,16H2,1-3H3. The van der Waals surface area contributed by atoms with Crippen LogP contribution in [-0.4, -0.2) is 43.7 Å². The largest absolute Gasteiger partial charge is 0.381 e. The van der Waals surface area contributed by atoms with Gasteiger partial charge in [-0.25, -0.2) is 0 Å². The summed E-state index contributed by atoms with van der Waals surface area (Å²) in [5.41, 5.74) is 5.77. The molecule has 1 aliphatic heterocycles. The van der Waals surface area contributed by atoms with E-state index in [0.29, 0.717) is 18.9 Å². The van der Waals surface area contributed by atoms with Crippen LogP contribution in [-0.2, 0) is 9.53 Å². The summed E-state index contributed by atoms with van der Waals surface area (Å²) in [5.74, 6) is 0.806. The van der Waals surface area contributed by atoms with Crippen molar-refractivity contribution >= 4 is 5.91 Å². The molecule has 0 spiro atoms. The third-order valence-electron chi connectivity index (χ3n) is 4.07. The number of rotatable bonds is 8. The predicted octanol–water partition coefficient (Wildman–Crippen LogP) is 2.03. The van der Waals surface area contributed by atoms with Gasteiger partial charge in [-0.15, -0.1) is 0 Å². The van der Waals surface area contributed by atoms with Crippen LogP contribution in [0.5, 0.6) is 0 Å². The second kappa shape index (κ2) is 7.85. The second-order valence-corrected chi connectivity index (χ2v) is 6.36. The van der Waals surface area contributed by atoms with Crippen LogP contribution in [0.4, 0.5) is 0 Å². The third kappa shape index (κ3) is 5.91. The minimum atomic E-state index is 0.167. The molecular weight excluding hydrogens is 240 g/mol. The first kappa shape index (κ1) is 16.4. The molecule has 19 heavy (non-hydrogen) atoms. The lowest BCUT2D eigenvalue weighted by Gasteiger charge is -2.27. The van der Waals surface area contributed by atoms with Gasteiger partial charge >= 0.3 is 0 Å². The number of carbonyl (C=O) groups excluding carboxylic acids is 1. The van der Waals surface area contributed by atoms with Crippen molar-refractivity contribution in [2.24, 2.45) is 17.1 Å². The van der Waals surface area contributed by atoms with Gasteiger partial charge in [0.15, 0.2) is 0 Å². The molecule has 1 unspecified atom stereocenters. The van der Waals surface area contributed by atoms with Crippen molar-refractivity contribution in [3.63, 3.8) is 0 Å². The van der Waals surface area contributed by atoms with Gasteiger partial charge in [0.25, 0.3) is 0 Å². The Balaban J connectivity index is 2.36. The molecule has 1 atom stereocenters. The van der Waals surface area contributed by atoms with E-state index in [1.54, 1.807) is 0 Å². The summed E-state index contributed by atoms with van der Waals surface area (Å²) < 4.78 is 5.38. The molecule has 1 fully saturated rings. The lowest BCUT2D eigenvalue weighted by molar-refractivity contribution is -0.132. The van der Waals surface area contributed by atoms with E-state index >= 15 is 0 Å². The Bertz CT molecular complexity index is 273. The van der Waals surface area contributed by atoms with Crippen LogP contribution in [0.15, 0.2) is 0 Å². The first-order valence-corrected chi connectivity index (χ1v) is 7.54. The van der Waals surface area contributed by atoms with Gasteiger partial charge in [0, 0.05) is 32.0 Å². The average Bonchev–Trinajstić information content (AvgIpc) is 2.86. The average molecular weight is 270 g/mol. The number of hydrogen-bond acceptors (Lipinski definition) is 3. The zero-order valence-electron chi connectivity index (χ0n) is 12.8. The zero-order valence-corrected chi connectivity index (χ0v) is 12.8.